The van der Waals surface area contributed by atoms with Gasteiger partial charge < -0.3 is 1.43 Å². The Balaban J connectivity index is 0.00000180. The van der Waals surface area contributed by atoms with Crippen LogP contribution < -0.4 is 18.9 Å². The molecule has 1 unspecified atom stereocenters. The maximum absolute atomic E-state index is 12.5. The molecular weight excluding hydrogens is 246 g/mol. The molecule has 0 spiro atoms. The van der Waals surface area contributed by atoms with Gasteiger partial charge in [-0.05, 0) is 77.0 Å². The van der Waals surface area contributed by atoms with Crippen molar-refractivity contribution in [3.63, 3.8) is 0 Å². The molecule has 1 nitrogen and oxygen atoms in total. The Labute approximate surface area is 132 Å². The van der Waals surface area contributed by atoms with Gasteiger partial charge in [0, 0.05) is 5.56 Å². The summed E-state index contributed by atoms with van der Waals surface area (Å²) in [4.78, 5) is 12.5. The molecule has 0 N–H and O–H groups in total. The van der Waals surface area contributed by atoms with Crippen LogP contribution in [0.1, 0.15) is 59.7 Å². The van der Waals surface area contributed by atoms with E-state index in [1.807, 2.05) is 0 Å². The fraction of sp³-hybridized carbons (Fsp3) is 0.562. The van der Waals surface area contributed by atoms with Gasteiger partial charge in [0.05, 0.1) is 0 Å². The molecule has 0 aromatic heterocycles. The summed E-state index contributed by atoms with van der Waals surface area (Å²) in [6.45, 7) is 8.43. The minimum Gasteiger partial charge on any atom is -1.00 e. The van der Waals surface area contributed by atoms with Gasteiger partial charge in [0.1, 0.15) is 0 Å². The molecule has 0 heterocycles. The Bertz CT molecular complexity index is 482. The van der Waals surface area contributed by atoms with Crippen LogP contribution in [0, 0.1) is 27.7 Å². The van der Waals surface area contributed by atoms with E-state index in [2.05, 4.69) is 33.8 Å². The van der Waals surface area contributed by atoms with Crippen LogP contribution >= 0.6 is 8.58 Å². The Morgan fingerprint density at radius 2 is 1.68 bits per heavy atom. The topological polar surface area (TPSA) is 17.1 Å². The summed E-state index contributed by atoms with van der Waals surface area (Å²) in [5.74, 6) is 0. The number of rotatable bonds is 3. The van der Waals surface area contributed by atoms with E-state index in [0.29, 0.717) is 19.8 Å². The van der Waals surface area contributed by atoms with Gasteiger partial charge in [-0.25, -0.2) is 0 Å². The average molecular weight is 270 g/mol. The molecule has 1 atom stereocenters. The van der Waals surface area contributed by atoms with E-state index in [1.54, 1.807) is 0 Å². The summed E-state index contributed by atoms with van der Waals surface area (Å²) >= 11 is 0. The zero-order valence-electron chi connectivity index (χ0n) is 13.9. The largest absolute Gasteiger partial charge is 1.00 e. The van der Waals surface area contributed by atoms with E-state index in [4.69, 9.17) is 0 Å². The fourth-order valence-electron chi connectivity index (χ4n) is 2.96. The second-order valence-corrected chi connectivity index (χ2v) is 7.15. The normalized spacial score (nSPS) is 16.0. The molecule has 1 fully saturated rings. The SMILES string of the molecule is Cc1cc(C)c(C(=O)PC2CCCC2)c(C)c1C.[H-].[Li+]. The van der Waals surface area contributed by atoms with E-state index >= 15 is 0 Å². The van der Waals surface area contributed by atoms with E-state index in [-0.39, 0.29) is 20.3 Å². The van der Waals surface area contributed by atoms with E-state index < -0.39 is 0 Å². The molecule has 1 aliphatic rings. The van der Waals surface area contributed by atoms with Crippen molar-refractivity contribution < 1.29 is 25.1 Å². The van der Waals surface area contributed by atoms with Gasteiger partial charge >= 0.3 is 18.9 Å². The van der Waals surface area contributed by atoms with Crippen LogP contribution in [0.25, 0.3) is 0 Å². The first kappa shape index (κ1) is 17.0. The predicted molar refractivity (Wildman–Crippen MR) is 81.4 cm³/mol. The third kappa shape index (κ3) is 3.72. The number of benzene rings is 1. The summed E-state index contributed by atoms with van der Waals surface area (Å²) in [5.41, 5.74) is 6.99. The molecule has 0 saturated heterocycles. The molecule has 2 rings (SSSR count). The van der Waals surface area contributed by atoms with Crippen molar-refractivity contribution in [2.24, 2.45) is 0 Å². The average Bonchev–Trinajstić information content (AvgIpc) is 2.78. The zero-order chi connectivity index (χ0) is 13.3. The molecule has 0 aliphatic heterocycles. The molecule has 0 bridgehead atoms. The van der Waals surface area contributed by atoms with Crippen LogP contribution in [0.15, 0.2) is 6.07 Å². The molecule has 1 aliphatic carbocycles. The summed E-state index contributed by atoms with van der Waals surface area (Å²) in [6, 6.07) is 2.16. The third-order valence-electron chi connectivity index (χ3n) is 4.27. The van der Waals surface area contributed by atoms with Gasteiger partial charge in [-0.15, -0.1) is 0 Å². The Hall–Kier alpha value is -0.0826. The first-order valence-electron chi connectivity index (χ1n) is 6.89. The number of aryl methyl sites for hydroxylation is 2. The number of carbonyl (C=O) groups excluding carboxylic acids is 1. The zero-order valence-corrected chi connectivity index (χ0v) is 13.9. The van der Waals surface area contributed by atoms with Crippen LogP contribution in [0.4, 0.5) is 0 Å². The van der Waals surface area contributed by atoms with E-state index in [0.717, 1.165) is 11.1 Å². The maximum atomic E-state index is 12.5. The second kappa shape index (κ2) is 7.08. The maximum Gasteiger partial charge on any atom is 1.00 e. The van der Waals surface area contributed by atoms with Gasteiger partial charge in [0.15, 0.2) is 5.52 Å². The van der Waals surface area contributed by atoms with Crippen LogP contribution in [0.5, 0.6) is 0 Å². The van der Waals surface area contributed by atoms with Crippen LogP contribution in [0.3, 0.4) is 0 Å². The number of hydrogen-bond donors (Lipinski definition) is 0. The first-order chi connectivity index (χ1) is 8.50. The van der Waals surface area contributed by atoms with Gasteiger partial charge in [0.2, 0.25) is 0 Å². The molecule has 0 amide bonds. The first-order valence-corrected chi connectivity index (χ1v) is 7.96. The molecule has 1 saturated carbocycles. The minimum atomic E-state index is 0. The van der Waals surface area contributed by atoms with Crippen LogP contribution in [-0.4, -0.2) is 11.2 Å². The quantitative estimate of drug-likeness (QED) is 0.604. The molecule has 19 heavy (non-hydrogen) atoms. The summed E-state index contributed by atoms with van der Waals surface area (Å²) < 4.78 is 0. The van der Waals surface area contributed by atoms with Crippen molar-refractivity contribution in [1.82, 2.24) is 0 Å². The standard InChI is InChI=1S/C16H23OP.Li.H/c1-10-9-11(2)15(13(4)12(10)3)16(17)18-14-7-5-6-8-14;;/h9,14,18H,5-8H2,1-4H3;;/q;+1;-1. The van der Waals surface area contributed by atoms with Crippen molar-refractivity contribution >= 4 is 14.1 Å². The van der Waals surface area contributed by atoms with Crippen molar-refractivity contribution in [2.45, 2.75) is 59.0 Å². The van der Waals surface area contributed by atoms with Gasteiger partial charge in [-0.2, -0.15) is 0 Å². The van der Waals surface area contributed by atoms with E-state index in [1.165, 1.54) is 42.4 Å². The Morgan fingerprint density at radius 1 is 1.11 bits per heavy atom. The van der Waals surface area contributed by atoms with Crippen molar-refractivity contribution in [2.75, 3.05) is 0 Å². The number of carbonyl (C=O) groups is 1. The van der Waals surface area contributed by atoms with E-state index in [9.17, 15) is 4.79 Å². The number of hydrogen-bond acceptors (Lipinski definition) is 1. The van der Waals surface area contributed by atoms with Gasteiger partial charge in [-0.3, -0.25) is 4.79 Å². The van der Waals surface area contributed by atoms with Crippen LogP contribution in [0.2, 0.25) is 0 Å². The Morgan fingerprint density at radius 3 is 2.26 bits per heavy atom. The van der Waals surface area contributed by atoms with Gasteiger partial charge in [-0.1, -0.05) is 18.9 Å². The second-order valence-electron chi connectivity index (χ2n) is 5.59. The van der Waals surface area contributed by atoms with Crippen molar-refractivity contribution in [3.05, 3.63) is 33.9 Å². The van der Waals surface area contributed by atoms with Gasteiger partial charge in [0.25, 0.3) is 0 Å². The molecule has 1 aromatic carbocycles. The molecule has 100 valence electrons. The predicted octanol–water partition coefficient (Wildman–Crippen LogP) is 1.80. The smallest absolute Gasteiger partial charge is 1.00 e. The summed E-state index contributed by atoms with van der Waals surface area (Å²) in [6.07, 6.45) is 5.14. The summed E-state index contributed by atoms with van der Waals surface area (Å²) in [7, 11) is 0.484. The molecule has 1 aromatic rings. The minimum absolute atomic E-state index is 0. The third-order valence-corrected chi connectivity index (χ3v) is 5.77. The van der Waals surface area contributed by atoms with Crippen molar-refractivity contribution in [1.29, 1.82) is 0 Å². The fourth-order valence-corrected chi connectivity index (χ4v) is 4.56. The monoisotopic (exact) mass is 270 g/mol. The summed E-state index contributed by atoms with van der Waals surface area (Å²) in [5, 5.41) is 0. The Kier molecular flexibility index (Phi) is 6.32. The molecule has 0 radical (unpaired) electrons. The van der Waals surface area contributed by atoms with Crippen LogP contribution in [-0.2, 0) is 0 Å². The molecule has 3 heteroatoms. The van der Waals surface area contributed by atoms with Crippen molar-refractivity contribution in [3.8, 4) is 0 Å². The molecular formula is C16H24LiOP.